The number of benzene rings is 2. The van der Waals surface area contributed by atoms with Gasteiger partial charge in [-0.1, -0.05) is 24.3 Å². The van der Waals surface area contributed by atoms with Crippen LogP contribution in [0, 0.1) is 12.8 Å². The van der Waals surface area contributed by atoms with E-state index in [-0.39, 0.29) is 6.10 Å². The number of hydrogen-bond acceptors (Lipinski definition) is 8. The van der Waals surface area contributed by atoms with Crippen molar-refractivity contribution in [2.75, 3.05) is 52.0 Å². The third-order valence-corrected chi connectivity index (χ3v) is 9.43. The quantitative estimate of drug-likeness (QED) is 0.359. The van der Waals surface area contributed by atoms with Crippen LogP contribution in [0.15, 0.2) is 48.5 Å². The fraction of sp³-hybridized carbons (Fsp3) is 0.486. The zero-order chi connectivity index (χ0) is 30.6. The Labute approximate surface area is 259 Å². The second kappa shape index (κ2) is 13.5. The topological polar surface area (TPSA) is 93.6 Å². The number of carboxylic acids is 1. The molecule has 4 heterocycles. The highest BCUT2D eigenvalue weighted by molar-refractivity contribution is 5.72. The Morgan fingerprint density at radius 3 is 2.66 bits per heavy atom. The molecule has 2 fully saturated rings. The van der Waals surface area contributed by atoms with Gasteiger partial charge in [-0.2, -0.15) is 0 Å². The maximum absolute atomic E-state index is 11.7. The third-order valence-electron chi connectivity index (χ3n) is 9.43. The minimum atomic E-state index is -0.812. The molecule has 3 aromatic rings. The van der Waals surface area contributed by atoms with Crippen molar-refractivity contribution in [3.8, 4) is 22.8 Å². The summed E-state index contributed by atoms with van der Waals surface area (Å²) in [5, 5.41) is 9.59. The Hall–Kier alpha value is -3.66. The number of fused-ring (bicyclic) bond motifs is 1. The van der Waals surface area contributed by atoms with Crippen LogP contribution < -0.4 is 14.4 Å². The predicted molar refractivity (Wildman–Crippen MR) is 168 cm³/mol. The van der Waals surface area contributed by atoms with Crippen molar-refractivity contribution in [2.24, 2.45) is 5.92 Å². The van der Waals surface area contributed by atoms with E-state index in [1.807, 2.05) is 30.3 Å². The lowest BCUT2D eigenvalue weighted by atomic mass is 9.94. The van der Waals surface area contributed by atoms with E-state index in [1.165, 1.54) is 11.1 Å². The number of aryl methyl sites for hydroxylation is 1. The zero-order valence-corrected chi connectivity index (χ0v) is 26.0. The van der Waals surface area contributed by atoms with E-state index in [9.17, 15) is 9.90 Å². The van der Waals surface area contributed by atoms with Gasteiger partial charge in [-0.15, -0.1) is 0 Å². The molecule has 0 saturated carbocycles. The van der Waals surface area contributed by atoms with Crippen molar-refractivity contribution in [2.45, 2.75) is 57.9 Å². The molecular formula is C35H43N3O6. The van der Waals surface area contributed by atoms with Gasteiger partial charge >= 0.3 is 5.97 Å². The Bertz CT molecular complexity index is 1460. The van der Waals surface area contributed by atoms with E-state index < -0.39 is 11.9 Å². The molecule has 0 amide bonds. The minimum absolute atomic E-state index is 0.386. The number of methoxy groups -OCH3 is 2. The van der Waals surface area contributed by atoms with Gasteiger partial charge in [0.15, 0.2) is 0 Å². The van der Waals surface area contributed by atoms with Crippen LogP contribution in [0.2, 0.25) is 0 Å². The molecule has 2 saturated heterocycles. The largest absolute Gasteiger partial charge is 0.496 e. The molecule has 0 spiro atoms. The van der Waals surface area contributed by atoms with Crippen molar-refractivity contribution in [1.29, 1.82) is 0 Å². The summed E-state index contributed by atoms with van der Waals surface area (Å²) in [4.78, 5) is 21.4. The summed E-state index contributed by atoms with van der Waals surface area (Å²) in [5.74, 6) is 1.21. The molecular weight excluding hydrogens is 558 g/mol. The molecule has 2 aromatic carbocycles. The molecule has 9 nitrogen and oxygen atoms in total. The first-order valence-corrected chi connectivity index (χ1v) is 15.7. The van der Waals surface area contributed by atoms with Crippen molar-refractivity contribution in [3.05, 3.63) is 70.8 Å². The van der Waals surface area contributed by atoms with Gasteiger partial charge in [-0.3, -0.25) is 9.69 Å². The van der Waals surface area contributed by atoms with Gasteiger partial charge in [-0.05, 0) is 73.6 Å². The molecule has 44 heavy (non-hydrogen) atoms. The summed E-state index contributed by atoms with van der Waals surface area (Å²) in [6.07, 6.45) is 3.31. The first-order valence-electron chi connectivity index (χ1n) is 15.7. The number of rotatable bonds is 9. The molecule has 3 aliphatic rings. The number of carboxylic acid groups (broad SMARTS) is 1. The fourth-order valence-corrected chi connectivity index (χ4v) is 6.94. The third kappa shape index (κ3) is 6.41. The van der Waals surface area contributed by atoms with Crippen LogP contribution in [0.1, 0.15) is 41.5 Å². The normalized spacial score (nSPS) is 21.1. The number of aliphatic carboxylic acids is 1. The lowest BCUT2D eigenvalue weighted by Crippen LogP contribution is -2.47. The molecule has 3 aliphatic heterocycles. The number of anilines is 1. The molecule has 6 rings (SSSR count). The van der Waals surface area contributed by atoms with Gasteiger partial charge in [-0.25, -0.2) is 4.98 Å². The molecule has 234 valence electrons. The second-order valence-electron chi connectivity index (χ2n) is 12.1. The SMILES string of the molecule is COc1cc(COc2c(C)cccc2-c2cccc(N3CC[C@H](C(=O)O)[C@H](OC)C3)n2)cc2c1CN(C1CCOCC1)CC2. The van der Waals surface area contributed by atoms with Gasteiger partial charge in [0.1, 0.15) is 23.9 Å². The number of carbonyl (C=O) groups is 1. The smallest absolute Gasteiger partial charge is 0.309 e. The maximum Gasteiger partial charge on any atom is 0.309 e. The average Bonchev–Trinajstić information content (AvgIpc) is 3.07. The van der Waals surface area contributed by atoms with Gasteiger partial charge in [0.2, 0.25) is 0 Å². The summed E-state index contributed by atoms with van der Waals surface area (Å²) in [5.41, 5.74) is 6.48. The summed E-state index contributed by atoms with van der Waals surface area (Å²) in [7, 11) is 3.33. The first-order chi connectivity index (χ1) is 21.4. The molecule has 0 unspecified atom stereocenters. The summed E-state index contributed by atoms with van der Waals surface area (Å²) < 4.78 is 23.6. The van der Waals surface area contributed by atoms with Crippen LogP contribution in [0.25, 0.3) is 11.3 Å². The van der Waals surface area contributed by atoms with Crippen LogP contribution in [0.3, 0.4) is 0 Å². The summed E-state index contributed by atoms with van der Waals surface area (Å²) in [6.45, 7) is 7.22. The van der Waals surface area contributed by atoms with Gasteiger partial charge in [0.05, 0.1) is 24.8 Å². The van der Waals surface area contributed by atoms with Crippen LogP contribution >= 0.6 is 0 Å². The Morgan fingerprint density at radius 1 is 1.07 bits per heavy atom. The zero-order valence-electron chi connectivity index (χ0n) is 26.0. The summed E-state index contributed by atoms with van der Waals surface area (Å²) >= 11 is 0. The van der Waals surface area contributed by atoms with Crippen molar-refractivity contribution in [3.63, 3.8) is 0 Å². The van der Waals surface area contributed by atoms with Gasteiger partial charge in [0, 0.05) is 63.7 Å². The minimum Gasteiger partial charge on any atom is -0.496 e. The van der Waals surface area contributed by atoms with E-state index in [2.05, 4.69) is 34.9 Å². The van der Waals surface area contributed by atoms with Crippen LogP contribution in [-0.2, 0) is 33.8 Å². The molecule has 0 bridgehead atoms. The Kier molecular flexibility index (Phi) is 9.35. The highest BCUT2D eigenvalue weighted by atomic mass is 16.5. The van der Waals surface area contributed by atoms with Crippen LogP contribution in [-0.4, -0.2) is 80.2 Å². The molecule has 0 aliphatic carbocycles. The fourth-order valence-electron chi connectivity index (χ4n) is 6.94. The molecule has 1 N–H and O–H groups in total. The average molecular weight is 602 g/mol. The lowest BCUT2D eigenvalue weighted by molar-refractivity contribution is -0.147. The lowest BCUT2D eigenvalue weighted by Gasteiger charge is -2.38. The number of para-hydroxylation sites is 1. The van der Waals surface area contributed by atoms with E-state index in [0.29, 0.717) is 32.2 Å². The van der Waals surface area contributed by atoms with Crippen LogP contribution in [0.5, 0.6) is 11.5 Å². The summed E-state index contributed by atoms with van der Waals surface area (Å²) in [6, 6.07) is 17.1. The Morgan fingerprint density at radius 2 is 1.89 bits per heavy atom. The van der Waals surface area contributed by atoms with E-state index in [4.69, 9.17) is 23.9 Å². The number of nitrogens with zero attached hydrogens (tertiary/aromatic N) is 3. The number of aromatic nitrogens is 1. The molecule has 1 aromatic heterocycles. The van der Waals surface area contributed by atoms with Gasteiger partial charge < -0.3 is 29.0 Å². The molecule has 0 radical (unpaired) electrons. The number of hydrogen-bond donors (Lipinski definition) is 1. The van der Waals surface area contributed by atoms with Crippen molar-refractivity contribution >= 4 is 11.8 Å². The first kappa shape index (κ1) is 30.4. The van der Waals surface area contributed by atoms with E-state index in [0.717, 1.165) is 85.3 Å². The number of pyridine rings is 1. The highest BCUT2D eigenvalue weighted by Crippen LogP contribution is 2.36. The highest BCUT2D eigenvalue weighted by Gasteiger charge is 2.35. The van der Waals surface area contributed by atoms with Crippen molar-refractivity contribution in [1.82, 2.24) is 9.88 Å². The Balaban J connectivity index is 1.20. The molecule has 2 atom stereocenters. The van der Waals surface area contributed by atoms with E-state index >= 15 is 0 Å². The van der Waals surface area contributed by atoms with Crippen molar-refractivity contribution < 1.29 is 28.8 Å². The monoisotopic (exact) mass is 601 g/mol. The predicted octanol–water partition coefficient (Wildman–Crippen LogP) is 5.11. The second-order valence-corrected chi connectivity index (χ2v) is 12.1. The number of piperidine rings is 1. The standard InChI is InChI=1S/C35H43N3O6/c1-23-6-4-7-27(30-8-5-9-33(36-30)38-15-11-28(35(39)40)32(21-38)42-3)34(23)44-22-24-18-25-10-14-37(26-12-16-43-17-13-26)20-29(25)31(19-24)41-2/h4-9,18-19,26,28,32H,10-17,20-22H2,1-3H3,(H,39,40)/t28-,32+/m0/s1. The maximum atomic E-state index is 11.7. The molecule has 9 heteroatoms. The number of ether oxygens (including phenoxy) is 4. The van der Waals surface area contributed by atoms with Gasteiger partial charge in [0.25, 0.3) is 0 Å². The van der Waals surface area contributed by atoms with Crippen LogP contribution in [0.4, 0.5) is 5.82 Å². The van der Waals surface area contributed by atoms with E-state index in [1.54, 1.807) is 14.2 Å².